The summed E-state index contributed by atoms with van der Waals surface area (Å²) < 4.78 is 27.9. The number of aryl methyl sites for hydroxylation is 1. The van der Waals surface area contributed by atoms with Crippen LogP contribution in [0.4, 0.5) is 0 Å². The predicted octanol–water partition coefficient (Wildman–Crippen LogP) is 1.92. The molecule has 0 aromatic heterocycles. The number of hydrogen-bond donors (Lipinski definition) is 2. The highest BCUT2D eigenvalue weighted by Crippen LogP contribution is 2.44. The van der Waals surface area contributed by atoms with Gasteiger partial charge in [-0.25, -0.2) is 13.1 Å². The monoisotopic (exact) mass is 294 g/mol. The number of nitrogens with one attached hydrogen (secondary N) is 1. The van der Waals surface area contributed by atoms with E-state index in [-0.39, 0.29) is 6.04 Å². The minimum Gasteiger partial charge on any atom is -0.326 e. The first-order chi connectivity index (χ1) is 9.49. The first-order valence-corrected chi connectivity index (χ1v) is 8.80. The van der Waals surface area contributed by atoms with Crippen LogP contribution in [0.25, 0.3) is 0 Å². The van der Waals surface area contributed by atoms with Crippen molar-refractivity contribution in [2.75, 3.05) is 0 Å². The lowest BCUT2D eigenvalue weighted by molar-refractivity contribution is 0.390. The van der Waals surface area contributed by atoms with Crippen molar-refractivity contribution in [3.63, 3.8) is 0 Å². The molecular weight excluding hydrogens is 272 g/mol. The first-order valence-electron chi connectivity index (χ1n) is 7.31. The van der Waals surface area contributed by atoms with Gasteiger partial charge in [0.1, 0.15) is 0 Å². The summed E-state index contributed by atoms with van der Waals surface area (Å²) in [5.41, 5.74) is 7.54. The fourth-order valence-corrected chi connectivity index (χ4v) is 5.12. The molecule has 0 spiro atoms. The molecule has 3 unspecified atom stereocenters. The summed E-state index contributed by atoms with van der Waals surface area (Å²) in [4.78, 5) is 0.356. The molecule has 0 radical (unpaired) electrons. The highest BCUT2D eigenvalue weighted by atomic mass is 32.2. The van der Waals surface area contributed by atoms with Gasteiger partial charge in [0.25, 0.3) is 0 Å². The Balaban J connectivity index is 1.79. The topological polar surface area (TPSA) is 72.2 Å². The molecule has 0 heterocycles. The average molecular weight is 294 g/mol. The van der Waals surface area contributed by atoms with Crippen molar-refractivity contribution in [1.29, 1.82) is 0 Å². The van der Waals surface area contributed by atoms with Crippen molar-refractivity contribution in [2.45, 2.75) is 50.1 Å². The van der Waals surface area contributed by atoms with Gasteiger partial charge in [-0.05, 0) is 61.3 Å². The molecule has 0 aliphatic heterocycles. The molecule has 2 saturated carbocycles. The molecule has 20 heavy (non-hydrogen) atoms. The summed E-state index contributed by atoms with van der Waals surface area (Å²) in [5, 5.41) is 0. The summed E-state index contributed by atoms with van der Waals surface area (Å²) in [7, 11) is -3.40. The van der Waals surface area contributed by atoms with E-state index in [1.807, 2.05) is 13.0 Å². The lowest BCUT2D eigenvalue weighted by Crippen LogP contribution is -2.38. The van der Waals surface area contributed by atoms with E-state index >= 15 is 0 Å². The van der Waals surface area contributed by atoms with Gasteiger partial charge in [0.05, 0.1) is 4.90 Å². The van der Waals surface area contributed by atoms with Crippen molar-refractivity contribution in [3.8, 4) is 0 Å². The predicted molar refractivity (Wildman–Crippen MR) is 78.6 cm³/mol. The van der Waals surface area contributed by atoms with E-state index < -0.39 is 10.0 Å². The second-order valence-electron chi connectivity index (χ2n) is 6.20. The Kier molecular flexibility index (Phi) is 3.60. The molecule has 1 aromatic rings. The summed E-state index contributed by atoms with van der Waals surface area (Å²) >= 11 is 0. The van der Waals surface area contributed by atoms with Gasteiger partial charge in [-0.2, -0.15) is 0 Å². The molecule has 110 valence electrons. The van der Waals surface area contributed by atoms with E-state index in [0.717, 1.165) is 23.5 Å². The first kappa shape index (κ1) is 14.0. The van der Waals surface area contributed by atoms with Crippen LogP contribution in [0.15, 0.2) is 23.1 Å². The zero-order chi connectivity index (χ0) is 14.3. The number of sulfonamides is 1. The van der Waals surface area contributed by atoms with Crippen molar-refractivity contribution in [2.24, 2.45) is 17.6 Å². The maximum atomic E-state index is 12.5. The number of rotatable bonds is 4. The van der Waals surface area contributed by atoms with Crippen LogP contribution in [0.2, 0.25) is 0 Å². The molecule has 0 amide bonds. The lowest BCUT2D eigenvalue weighted by Gasteiger charge is -2.23. The summed E-state index contributed by atoms with van der Waals surface area (Å²) in [6.07, 6.45) is 4.64. The minimum absolute atomic E-state index is 0.133. The van der Waals surface area contributed by atoms with E-state index in [1.54, 1.807) is 12.1 Å². The zero-order valence-corrected chi connectivity index (χ0v) is 12.6. The SMILES string of the molecule is Cc1cc(S(=O)(=O)NC2CC3CCC2C3)ccc1CN. The molecule has 3 N–H and O–H groups in total. The molecule has 0 saturated heterocycles. The van der Waals surface area contributed by atoms with Gasteiger partial charge in [0.2, 0.25) is 10.0 Å². The normalized spacial score (nSPS) is 29.0. The third-order valence-electron chi connectivity index (χ3n) is 4.89. The van der Waals surface area contributed by atoms with Crippen LogP contribution in [-0.4, -0.2) is 14.5 Å². The van der Waals surface area contributed by atoms with E-state index in [9.17, 15) is 8.42 Å². The lowest BCUT2D eigenvalue weighted by atomic mass is 9.96. The molecule has 4 nitrogen and oxygen atoms in total. The summed E-state index contributed by atoms with van der Waals surface area (Å²) in [6.45, 7) is 2.34. The second-order valence-corrected chi connectivity index (χ2v) is 7.91. The average Bonchev–Trinajstić information content (AvgIpc) is 3.00. The number of nitrogens with two attached hydrogens (primary N) is 1. The molecular formula is C15H22N2O2S. The molecule has 2 fully saturated rings. The Morgan fingerprint density at radius 1 is 1.30 bits per heavy atom. The van der Waals surface area contributed by atoms with E-state index in [2.05, 4.69) is 4.72 Å². The van der Waals surface area contributed by atoms with E-state index in [1.165, 1.54) is 19.3 Å². The molecule has 3 atom stereocenters. The molecule has 3 rings (SSSR count). The fourth-order valence-electron chi connectivity index (χ4n) is 3.72. The molecule has 2 aliphatic carbocycles. The highest BCUT2D eigenvalue weighted by molar-refractivity contribution is 7.89. The fraction of sp³-hybridized carbons (Fsp3) is 0.600. The zero-order valence-electron chi connectivity index (χ0n) is 11.8. The van der Waals surface area contributed by atoms with Crippen molar-refractivity contribution < 1.29 is 8.42 Å². The van der Waals surface area contributed by atoms with Gasteiger partial charge in [-0.1, -0.05) is 12.5 Å². The van der Waals surface area contributed by atoms with Gasteiger partial charge in [-0.3, -0.25) is 0 Å². The maximum Gasteiger partial charge on any atom is 0.240 e. The second kappa shape index (κ2) is 5.13. The van der Waals surface area contributed by atoms with Crippen LogP contribution in [0.5, 0.6) is 0 Å². The van der Waals surface area contributed by atoms with Gasteiger partial charge in [0, 0.05) is 12.6 Å². The van der Waals surface area contributed by atoms with E-state index in [0.29, 0.717) is 17.4 Å². The van der Waals surface area contributed by atoms with Gasteiger partial charge < -0.3 is 5.73 Å². The van der Waals surface area contributed by atoms with Crippen LogP contribution in [-0.2, 0) is 16.6 Å². The Hall–Kier alpha value is -0.910. The Bertz CT molecular complexity index is 612. The highest BCUT2D eigenvalue weighted by Gasteiger charge is 2.41. The van der Waals surface area contributed by atoms with Crippen LogP contribution >= 0.6 is 0 Å². The number of hydrogen-bond acceptors (Lipinski definition) is 3. The molecule has 2 aliphatic rings. The Labute approximate surface area is 120 Å². The summed E-state index contributed by atoms with van der Waals surface area (Å²) in [5.74, 6) is 1.27. The van der Waals surface area contributed by atoms with Gasteiger partial charge in [0.15, 0.2) is 0 Å². The minimum atomic E-state index is -3.40. The molecule has 2 bridgehead atoms. The number of fused-ring (bicyclic) bond motifs is 2. The Morgan fingerprint density at radius 2 is 2.10 bits per heavy atom. The van der Waals surface area contributed by atoms with Gasteiger partial charge in [-0.15, -0.1) is 0 Å². The largest absolute Gasteiger partial charge is 0.326 e. The third-order valence-corrected chi connectivity index (χ3v) is 6.38. The van der Waals surface area contributed by atoms with Crippen molar-refractivity contribution >= 4 is 10.0 Å². The van der Waals surface area contributed by atoms with Crippen LogP contribution < -0.4 is 10.5 Å². The van der Waals surface area contributed by atoms with E-state index in [4.69, 9.17) is 5.73 Å². The maximum absolute atomic E-state index is 12.5. The van der Waals surface area contributed by atoms with Crippen LogP contribution in [0.3, 0.4) is 0 Å². The molecule has 1 aromatic carbocycles. The van der Waals surface area contributed by atoms with Gasteiger partial charge >= 0.3 is 0 Å². The number of benzene rings is 1. The van der Waals surface area contributed by atoms with Crippen molar-refractivity contribution in [3.05, 3.63) is 29.3 Å². The molecule has 5 heteroatoms. The quantitative estimate of drug-likeness (QED) is 0.891. The smallest absolute Gasteiger partial charge is 0.240 e. The standard InChI is InChI=1S/C15H22N2O2S/c1-10-6-14(5-4-13(10)9-16)20(18,19)17-15-8-11-2-3-12(15)7-11/h4-6,11-12,15,17H,2-3,7-9,16H2,1H3. The van der Waals surface area contributed by atoms with Crippen molar-refractivity contribution in [1.82, 2.24) is 4.72 Å². The van der Waals surface area contributed by atoms with Crippen LogP contribution in [0, 0.1) is 18.8 Å². The van der Waals surface area contributed by atoms with Crippen LogP contribution in [0.1, 0.15) is 36.8 Å². The summed E-state index contributed by atoms with van der Waals surface area (Å²) in [6, 6.07) is 5.32. The third kappa shape index (κ3) is 2.50. The Morgan fingerprint density at radius 3 is 2.65 bits per heavy atom.